The van der Waals surface area contributed by atoms with E-state index in [9.17, 15) is 4.79 Å². The first kappa shape index (κ1) is 29.3. The minimum atomic E-state index is -0.539. The number of fused-ring (bicyclic) bond motifs is 1. The number of benzene rings is 2. The topological polar surface area (TPSA) is 99.5 Å². The van der Waals surface area contributed by atoms with E-state index in [4.69, 9.17) is 24.3 Å². The quantitative estimate of drug-likeness (QED) is 0.165. The van der Waals surface area contributed by atoms with E-state index in [0.717, 1.165) is 30.6 Å². The molecule has 1 unspecified atom stereocenters. The van der Waals surface area contributed by atoms with Gasteiger partial charge in [-0.2, -0.15) is 4.98 Å². The number of rotatable bonds is 14. The average Bonchev–Trinajstić information content (AvgIpc) is 3.35. The SMILES string of the molecule is CCCCOc1ccc(C2C(C(=O)Nc3ccccc3OCC)=C(C)Nc3nc(SCCC)nn32)cc1OCC. The van der Waals surface area contributed by atoms with Crippen molar-refractivity contribution in [3.05, 3.63) is 59.3 Å². The molecule has 9 nitrogen and oxygen atoms in total. The van der Waals surface area contributed by atoms with Crippen LogP contribution in [0, 0.1) is 0 Å². The number of ether oxygens (including phenoxy) is 3. The number of nitrogens with zero attached hydrogens (tertiary/aromatic N) is 3. The van der Waals surface area contributed by atoms with Crippen LogP contribution in [0.1, 0.15) is 65.5 Å². The summed E-state index contributed by atoms with van der Waals surface area (Å²) in [6.07, 6.45) is 3.00. The number of thioether (sulfide) groups is 1. The molecule has 2 heterocycles. The Morgan fingerprint density at radius 1 is 1.00 bits per heavy atom. The zero-order chi connectivity index (χ0) is 28.5. The van der Waals surface area contributed by atoms with Crippen LogP contribution >= 0.6 is 11.8 Å². The molecule has 1 aliphatic heterocycles. The Hall–Kier alpha value is -3.66. The average molecular weight is 566 g/mol. The monoisotopic (exact) mass is 565 g/mol. The molecule has 1 atom stereocenters. The molecule has 1 aliphatic rings. The van der Waals surface area contributed by atoms with Crippen molar-refractivity contribution in [3.8, 4) is 17.2 Å². The lowest BCUT2D eigenvalue weighted by Crippen LogP contribution is -2.31. The van der Waals surface area contributed by atoms with Crippen molar-refractivity contribution in [2.75, 3.05) is 36.2 Å². The van der Waals surface area contributed by atoms with Crippen molar-refractivity contribution in [1.82, 2.24) is 14.8 Å². The van der Waals surface area contributed by atoms with E-state index < -0.39 is 6.04 Å². The van der Waals surface area contributed by atoms with Gasteiger partial charge in [-0.05, 0) is 63.4 Å². The van der Waals surface area contributed by atoms with Crippen LogP contribution in [0.4, 0.5) is 11.6 Å². The number of unbranched alkanes of at least 4 members (excludes halogenated alkanes) is 1. The summed E-state index contributed by atoms with van der Waals surface area (Å²) < 4.78 is 19.5. The molecule has 0 saturated carbocycles. The van der Waals surface area contributed by atoms with Gasteiger partial charge in [0.2, 0.25) is 11.1 Å². The van der Waals surface area contributed by atoms with Crippen LogP contribution in [0.5, 0.6) is 17.2 Å². The maximum atomic E-state index is 14.0. The van der Waals surface area contributed by atoms with Crippen LogP contribution < -0.4 is 24.8 Å². The predicted octanol–water partition coefficient (Wildman–Crippen LogP) is 6.68. The molecule has 0 saturated heterocycles. The van der Waals surface area contributed by atoms with Gasteiger partial charge in [-0.1, -0.05) is 50.2 Å². The van der Waals surface area contributed by atoms with Gasteiger partial charge in [-0.15, -0.1) is 5.10 Å². The van der Waals surface area contributed by atoms with E-state index in [-0.39, 0.29) is 5.91 Å². The summed E-state index contributed by atoms with van der Waals surface area (Å²) in [6, 6.07) is 12.7. The number of carbonyl (C=O) groups excluding carboxylic acids is 1. The normalized spacial score (nSPS) is 14.4. The van der Waals surface area contributed by atoms with Gasteiger partial charge >= 0.3 is 0 Å². The van der Waals surface area contributed by atoms with E-state index in [1.54, 1.807) is 16.4 Å². The van der Waals surface area contributed by atoms with Gasteiger partial charge in [0.25, 0.3) is 5.91 Å². The highest BCUT2D eigenvalue weighted by molar-refractivity contribution is 7.99. The number of aromatic nitrogens is 3. The first-order valence-electron chi connectivity index (χ1n) is 14.0. The Balaban J connectivity index is 1.77. The van der Waals surface area contributed by atoms with Gasteiger partial charge in [-0.25, -0.2) is 4.68 Å². The molecule has 0 aliphatic carbocycles. The van der Waals surface area contributed by atoms with Crippen LogP contribution in [-0.2, 0) is 4.79 Å². The number of para-hydroxylation sites is 2. The molecule has 4 rings (SSSR count). The van der Waals surface area contributed by atoms with Crippen molar-refractivity contribution in [3.63, 3.8) is 0 Å². The van der Waals surface area contributed by atoms with Crippen molar-refractivity contribution >= 4 is 29.3 Å². The number of amides is 1. The summed E-state index contributed by atoms with van der Waals surface area (Å²) in [5.74, 6) is 3.17. The van der Waals surface area contributed by atoms with Gasteiger partial charge in [0.05, 0.1) is 31.1 Å². The van der Waals surface area contributed by atoms with E-state index in [0.29, 0.717) is 65.1 Å². The highest BCUT2D eigenvalue weighted by Gasteiger charge is 2.35. The van der Waals surface area contributed by atoms with Crippen LogP contribution in [0.2, 0.25) is 0 Å². The molecule has 1 amide bonds. The van der Waals surface area contributed by atoms with E-state index in [1.165, 1.54) is 0 Å². The molecule has 2 aromatic carbocycles. The molecular weight excluding hydrogens is 526 g/mol. The highest BCUT2D eigenvalue weighted by atomic mass is 32.2. The van der Waals surface area contributed by atoms with Crippen LogP contribution in [-0.4, -0.2) is 46.2 Å². The molecule has 0 radical (unpaired) electrons. The fourth-order valence-corrected chi connectivity index (χ4v) is 5.12. The largest absolute Gasteiger partial charge is 0.492 e. The minimum Gasteiger partial charge on any atom is -0.492 e. The number of nitrogens with one attached hydrogen (secondary N) is 2. The fraction of sp³-hybridized carbons (Fsp3) is 0.433. The van der Waals surface area contributed by atoms with E-state index >= 15 is 0 Å². The molecule has 10 heteroatoms. The van der Waals surface area contributed by atoms with Crippen molar-refractivity contribution in [1.29, 1.82) is 0 Å². The third-order valence-corrected chi connectivity index (χ3v) is 7.33. The standard InChI is InChI=1S/C30H39N5O4S/c1-6-10-17-39-24-16-15-21(19-25(24)38-9-4)27-26(28(36)32-22-13-11-12-14-23(22)37-8-3)20(5)31-29-33-30(34-35(27)29)40-18-7-2/h11-16,19,27H,6-10,17-18H2,1-5H3,(H,32,36)(H,31,33,34). The summed E-state index contributed by atoms with van der Waals surface area (Å²) in [7, 11) is 0. The van der Waals surface area contributed by atoms with Crippen molar-refractivity contribution in [2.24, 2.45) is 0 Å². The van der Waals surface area contributed by atoms with E-state index in [1.807, 2.05) is 63.2 Å². The lowest BCUT2D eigenvalue weighted by Gasteiger charge is -2.29. The maximum Gasteiger partial charge on any atom is 0.255 e. The van der Waals surface area contributed by atoms with Gasteiger partial charge in [0, 0.05) is 11.4 Å². The second-order valence-corrected chi connectivity index (χ2v) is 10.4. The first-order valence-corrected chi connectivity index (χ1v) is 15.0. The van der Waals surface area contributed by atoms with Crippen molar-refractivity contribution < 1.29 is 19.0 Å². The number of anilines is 2. The van der Waals surface area contributed by atoms with Crippen LogP contribution in [0.15, 0.2) is 58.9 Å². The van der Waals surface area contributed by atoms with Gasteiger partial charge < -0.3 is 24.8 Å². The van der Waals surface area contributed by atoms with Crippen LogP contribution in [0.25, 0.3) is 0 Å². The Morgan fingerprint density at radius 2 is 1.77 bits per heavy atom. The third kappa shape index (κ3) is 6.72. The first-order chi connectivity index (χ1) is 19.5. The summed E-state index contributed by atoms with van der Waals surface area (Å²) in [6.45, 7) is 11.6. The molecule has 2 N–H and O–H groups in total. The molecule has 0 fully saturated rings. The Morgan fingerprint density at radius 3 is 2.52 bits per heavy atom. The Kier molecular flexibility index (Phi) is 10.3. The molecule has 3 aromatic rings. The lowest BCUT2D eigenvalue weighted by atomic mass is 9.94. The second kappa shape index (κ2) is 14.1. The molecular formula is C30H39N5O4S. The summed E-state index contributed by atoms with van der Waals surface area (Å²) >= 11 is 1.59. The van der Waals surface area contributed by atoms with Gasteiger partial charge in [0.1, 0.15) is 11.8 Å². The smallest absolute Gasteiger partial charge is 0.255 e. The van der Waals surface area contributed by atoms with Gasteiger partial charge in [0.15, 0.2) is 11.5 Å². The summed E-state index contributed by atoms with van der Waals surface area (Å²) in [5, 5.41) is 11.9. The Bertz CT molecular complexity index is 1340. The third-order valence-electron chi connectivity index (χ3n) is 6.29. The fourth-order valence-electron chi connectivity index (χ4n) is 4.44. The molecule has 1 aromatic heterocycles. The molecule has 0 bridgehead atoms. The zero-order valence-electron chi connectivity index (χ0n) is 24.0. The molecule has 40 heavy (non-hydrogen) atoms. The number of hydrogen-bond donors (Lipinski definition) is 2. The molecule has 214 valence electrons. The summed E-state index contributed by atoms with van der Waals surface area (Å²) in [4.78, 5) is 18.7. The molecule has 0 spiro atoms. The zero-order valence-corrected chi connectivity index (χ0v) is 24.8. The van der Waals surface area contributed by atoms with Gasteiger partial charge in [-0.3, -0.25) is 4.79 Å². The number of carbonyl (C=O) groups is 1. The second-order valence-electron chi connectivity index (χ2n) is 9.30. The maximum absolute atomic E-state index is 14.0. The summed E-state index contributed by atoms with van der Waals surface area (Å²) in [5.41, 5.74) is 2.67. The highest BCUT2D eigenvalue weighted by Crippen LogP contribution is 2.40. The number of allylic oxidation sites excluding steroid dienone is 1. The van der Waals surface area contributed by atoms with Crippen LogP contribution in [0.3, 0.4) is 0 Å². The van der Waals surface area contributed by atoms with E-state index in [2.05, 4.69) is 24.5 Å². The predicted molar refractivity (Wildman–Crippen MR) is 160 cm³/mol. The van der Waals surface area contributed by atoms with Crippen molar-refractivity contribution in [2.45, 2.75) is 65.1 Å². The number of hydrogen-bond acceptors (Lipinski definition) is 8. The Labute approximate surface area is 240 Å². The minimum absolute atomic E-state index is 0.257. The lowest BCUT2D eigenvalue weighted by molar-refractivity contribution is -0.113.